The van der Waals surface area contributed by atoms with Crippen molar-refractivity contribution in [2.75, 3.05) is 38.8 Å². The number of non-ortho nitro benzene ring substituents is 1. The number of nitro groups is 1. The van der Waals surface area contributed by atoms with Gasteiger partial charge in [-0.1, -0.05) is 0 Å². The third kappa shape index (κ3) is 2.29. The highest BCUT2D eigenvalue weighted by molar-refractivity contribution is 7.80. The number of nitro benzene ring substituents is 1. The largest absolute Gasteiger partial charge is 0.377 e. The smallest absolute Gasteiger partial charge is 0.269 e. The zero-order valence-corrected chi connectivity index (χ0v) is 15.7. The maximum atomic E-state index is 13.3. The third-order valence-electron chi connectivity index (χ3n) is 5.70. The van der Waals surface area contributed by atoms with Crippen molar-refractivity contribution >= 4 is 40.5 Å². The molecule has 4 rings (SSSR count). The molecule has 27 heavy (non-hydrogen) atoms. The van der Waals surface area contributed by atoms with Gasteiger partial charge in [-0.05, 0) is 23.8 Å². The van der Waals surface area contributed by atoms with E-state index in [0.29, 0.717) is 18.7 Å². The molecule has 9 nitrogen and oxygen atoms in total. The molecule has 0 unspecified atom stereocenters. The summed E-state index contributed by atoms with van der Waals surface area (Å²) in [6.45, 7) is 1.17. The standard InChI is InChI=1S/C17H18N4O5S/c1-18-14(22)17(15(23)19(2)16(18)27)8-10-7-11(21(24)25)3-4-12(10)20-5-6-26-9-13(17)20/h3-4,7,13H,5-6,8-9H2,1-2H3/t13-/m0/s1. The number of hydrogen-bond acceptors (Lipinski definition) is 7. The van der Waals surface area contributed by atoms with Crippen LogP contribution in [0.4, 0.5) is 11.4 Å². The fraction of sp³-hybridized carbons (Fsp3) is 0.471. The molecule has 3 aliphatic rings. The van der Waals surface area contributed by atoms with Crippen LogP contribution < -0.4 is 4.90 Å². The maximum Gasteiger partial charge on any atom is 0.269 e. The van der Waals surface area contributed by atoms with E-state index in [1.807, 2.05) is 4.90 Å². The summed E-state index contributed by atoms with van der Waals surface area (Å²) >= 11 is 5.21. The van der Waals surface area contributed by atoms with Gasteiger partial charge < -0.3 is 9.64 Å². The lowest BCUT2D eigenvalue weighted by atomic mass is 9.68. The number of morpholine rings is 1. The van der Waals surface area contributed by atoms with Gasteiger partial charge in [0.15, 0.2) is 10.5 Å². The molecule has 2 amide bonds. The minimum absolute atomic E-state index is 0.0662. The van der Waals surface area contributed by atoms with Gasteiger partial charge in [-0.15, -0.1) is 0 Å². The van der Waals surface area contributed by atoms with E-state index in [4.69, 9.17) is 17.0 Å². The lowest BCUT2D eigenvalue weighted by Crippen LogP contribution is -2.73. The van der Waals surface area contributed by atoms with Crippen molar-refractivity contribution in [3.63, 3.8) is 0 Å². The van der Waals surface area contributed by atoms with Gasteiger partial charge in [0.25, 0.3) is 5.69 Å². The van der Waals surface area contributed by atoms with Gasteiger partial charge in [0.05, 0.1) is 24.2 Å². The summed E-state index contributed by atoms with van der Waals surface area (Å²) in [6, 6.07) is 4.10. The molecule has 1 spiro atoms. The second-order valence-corrected chi connectivity index (χ2v) is 7.38. The predicted molar refractivity (Wildman–Crippen MR) is 99.3 cm³/mol. The Balaban J connectivity index is 1.92. The Hall–Kier alpha value is -2.59. The zero-order valence-electron chi connectivity index (χ0n) is 14.9. The van der Waals surface area contributed by atoms with Crippen LogP contribution in [-0.4, -0.2) is 71.5 Å². The summed E-state index contributed by atoms with van der Waals surface area (Å²) in [5.41, 5.74) is -0.0742. The Morgan fingerprint density at radius 2 is 1.93 bits per heavy atom. The summed E-state index contributed by atoms with van der Waals surface area (Å²) in [5.74, 6) is -0.790. The third-order valence-corrected chi connectivity index (χ3v) is 6.24. The van der Waals surface area contributed by atoms with Crippen LogP contribution in [0.15, 0.2) is 18.2 Å². The molecule has 0 radical (unpaired) electrons. The molecular weight excluding hydrogens is 372 g/mol. The van der Waals surface area contributed by atoms with E-state index >= 15 is 0 Å². The number of anilines is 1. The maximum absolute atomic E-state index is 13.3. The fourth-order valence-corrected chi connectivity index (χ4v) is 4.52. The summed E-state index contributed by atoms with van der Waals surface area (Å²) in [4.78, 5) is 42.0. The van der Waals surface area contributed by atoms with Crippen molar-refractivity contribution in [1.29, 1.82) is 0 Å². The minimum Gasteiger partial charge on any atom is -0.377 e. The van der Waals surface area contributed by atoms with Crippen LogP contribution in [0.2, 0.25) is 0 Å². The van der Waals surface area contributed by atoms with Crippen LogP contribution in [0.5, 0.6) is 0 Å². The highest BCUT2D eigenvalue weighted by Gasteiger charge is 2.62. The average molecular weight is 390 g/mol. The van der Waals surface area contributed by atoms with Crippen molar-refractivity contribution in [3.8, 4) is 0 Å². The molecule has 0 saturated carbocycles. The van der Waals surface area contributed by atoms with Crippen LogP contribution in [0, 0.1) is 15.5 Å². The highest BCUT2D eigenvalue weighted by atomic mass is 32.1. The first-order valence-corrected chi connectivity index (χ1v) is 8.92. The average Bonchev–Trinajstić information content (AvgIpc) is 2.68. The lowest BCUT2D eigenvalue weighted by Gasteiger charge is -2.54. The first-order chi connectivity index (χ1) is 12.8. The molecule has 3 aliphatic heterocycles. The number of ether oxygens (including phenoxy) is 1. The van der Waals surface area contributed by atoms with Crippen molar-refractivity contribution in [1.82, 2.24) is 9.80 Å². The first-order valence-electron chi connectivity index (χ1n) is 8.51. The van der Waals surface area contributed by atoms with Crippen LogP contribution >= 0.6 is 12.2 Å². The van der Waals surface area contributed by atoms with Crippen LogP contribution in [0.3, 0.4) is 0 Å². The van der Waals surface area contributed by atoms with Crippen LogP contribution in [0.25, 0.3) is 0 Å². The van der Waals surface area contributed by atoms with Gasteiger partial charge in [0.2, 0.25) is 11.8 Å². The number of fused-ring (bicyclic) bond motifs is 4. The van der Waals surface area contributed by atoms with Crippen molar-refractivity contribution in [3.05, 3.63) is 33.9 Å². The molecule has 1 atom stereocenters. The van der Waals surface area contributed by atoms with Crippen molar-refractivity contribution in [2.24, 2.45) is 5.41 Å². The molecule has 0 N–H and O–H groups in total. The topological polar surface area (TPSA) is 96.2 Å². The van der Waals surface area contributed by atoms with Gasteiger partial charge >= 0.3 is 0 Å². The van der Waals surface area contributed by atoms with E-state index in [2.05, 4.69) is 0 Å². The van der Waals surface area contributed by atoms with Gasteiger partial charge in [-0.25, -0.2) is 0 Å². The first kappa shape index (κ1) is 17.8. The number of rotatable bonds is 1. The molecule has 2 fully saturated rings. The number of nitrogens with zero attached hydrogens (tertiary/aromatic N) is 4. The Morgan fingerprint density at radius 1 is 1.26 bits per heavy atom. The molecule has 142 valence electrons. The van der Waals surface area contributed by atoms with Crippen LogP contribution in [0.1, 0.15) is 5.56 Å². The second-order valence-electron chi connectivity index (χ2n) is 7.01. The van der Waals surface area contributed by atoms with E-state index < -0.39 is 28.2 Å². The second kappa shape index (κ2) is 5.96. The minimum atomic E-state index is -1.42. The molecule has 10 heteroatoms. The normalized spacial score (nSPS) is 24.1. The molecule has 2 saturated heterocycles. The van der Waals surface area contributed by atoms with Crippen LogP contribution in [-0.2, 0) is 20.7 Å². The van der Waals surface area contributed by atoms with Gasteiger partial charge in [0.1, 0.15) is 0 Å². The number of hydrogen-bond donors (Lipinski definition) is 0. The van der Waals surface area contributed by atoms with Gasteiger partial charge in [0, 0.05) is 44.9 Å². The summed E-state index contributed by atoms with van der Waals surface area (Å²) < 4.78 is 5.61. The van der Waals surface area contributed by atoms with Gasteiger partial charge in [-0.2, -0.15) is 0 Å². The fourth-order valence-electron chi connectivity index (χ4n) is 4.35. The number of carbonyl (C=O) groups is 2. The predicted octanol–water partition coefficient (Wildman–Crippen LogP) is 0.558. The molecule has 0 aliphatic carbocycles. The van der Waals surface area contributed by atoms with E-state index in [1.165, 1.54) is 21.9 Å². The lowest BCUT2D eigenvalue weighted by molar-refractivity contribution is -0.384. The molecule has 0 bridgehead atoms. The molecule has 0 aromatic heterocycles. The number of carbonyl (C=O) groups excluding carboxylic acids is 2. The molecule has 1 aromatic rings. The molecule has 3 heterocycles. The highest BCUT2D eigenvalue weighted by Crippen LogP contribution is 2.47. The van der Waals surface area contributed by atoms with Crippen molar-refractivity contribution in [2.45, 2.75) is 12.5 Å². The van der Waals surface area contributed by atoms with Gasteiger partial charge in [-0.3, -0.25) is 29.5 Å². The number of thiocarbonyl (C=S) groups is 1. The SMILES string of the molecule is CN1C(=O)C2(Cc3cc([N+](=O)[O-])ccc3N3CCOC[C@H]32)C(=O)N(C)C1=S. The summed E-state index contributed by atoms with van der Waals surface area (Å²) in [7, 11) is 3.10. The van der Waals surface area contributed by atoms with E-state index in [9.17, 15) is 19.7 Å². The Labute approximate surface area is 160 Å². The summed E-state index contributed by atoms with van der Waals surface area (Å²) in [5, 5.41) is 11.4. The Bertz CT molecular complexity index is 864. The Morgan fingerprint density at radius 3 is 2.56 bits per heavy atom. The van der Waals surface area contributed by atoms with Crippen molar-refractivity contribution < 1.29 is 19.2 Å². The zero-order chi connectivity index (χ0) is 19.5. The summed E-state index contributed by atoms with van der Waals surface area (Å²) in [6.07, 6.45) is 0.0729. The Kier molecular flexibility index (Phi) is 3.93. The quantitative estimate of drug-likeness (QED) is 0.299. The molecular formula is C17H18N4O5S. The number of amides is 2. The van der Waals surface area contributed by atoms with E-state index in [1.54, 1.807) is 20.2 Å². The number of benzene rings is 1. The monoisotopic (exact) mass is 390 g/mol. The van der Waals surface area contributed by atoms with E-state index in [-0.39, 0.29) is 23.8 Å². The molecule has 1 aromatic carbocycles. The van der Waals surface area contributed by atoms with E-state index in [0.717, 1.165) is 5.69 Å².